The van der Waals surface area contributed by atoms with E-state index in [1.165, 1.54) is 17.5 Å². The van der Waals surface area contributed by atoms with Crippen molar-refractivity contribution in [2.24, 2.45) is 0 Å². The zero-order chi connectivity index (χ0) is 20.1. The number of hydrogen-bond donors (Lipinski definition) is 1. The summed E-state index contributed by atoms with van der Waals surface area (Å²) in [6, 6.07) is 8.32. The quantitative estimate of drug-likeness (QED) is 0.801. The minimum atomic E-state index is -0.280. The topological polar surface area (TPSA) is 66.0 Å². The van der Waals surface area contributed by atoms with E-state index in [9.17, 15) is 4.79 Å². The molecule has 1 aliphatic carbocycles. The summed E-state index contributed by atoms with van der Waals surface area (Å²) in [5, 5.41) is 3.45. The van der Waals surface area contributed by atoms with Crippen LogP contribution in [-0.2, 0) is 22.4 Å². The van der Waals surface area contributed by atoms with Crippen molar-refractivity contribution in [2.75, 3.05) is 33.3 Å². The molecule has 150 valence electrons. The Morgan fingerprint density at radius 2 is 1.66 bits per heavy atom. The molecule has 1 unspecified atom stereocenters. The first kappa shape index (κ1) is 17.9. The molecule has 0 bridgehead atoms. The largest absolute Gasteiger partial charge is 0.493 e. The lowest BCUT2D eigenvalue weighted by Gasteiger charge is -2.29. The highest BCUT2D eigenvalue weighted by Crippen LogP contribution is 2.49. The van der Waals surface area contributed by atoms with E-state index in [0.29, 0.717) is 22.8 Å². The van der Waals surface area contributed by atoms with Crippen molar-refractivity contribution in [3.63, 3.8) is 0 Å². The molecule has 0 aromatic heterocycles. The molecule has 5 rings (SSSR count). The first-order chi connectivity index (χ1) is 14.1. The van der Waals surface area contributed by atoms with Gasteiger partial charge < -0.3 is 24.3 Å². The van der Waals surface area contributed by atoms with Gasteiger partial charge in [0, 0.05) is 11.6 Å². The molecule has 0 saturated carbocycles. The molecule has 2 aromatic rings. The number of hydrogen-bond acceptors (Lipinski definition) is 6. The van der Waals surface area contributed by atoms with Crippen molar-refractivity contribution in [3.8, 4) is 17.2 Å². The summed E-state index contributed by atoms with van der Waals surface area (Å²) in [6.45, 7) is 0.269. The molecule has 2 heterocycles. The first-order valence-electron chi connectivity index (χ1n) is 9.77. The Balaban J connectivity index is 1.74. The van der Waals surface area contributed by atoms with Gasteiger partial charge in [0.2, 0.25) is 5.75 Å². The number of ether oxygens (including phenoxy) is 4. The number of carbonyl (C=O) groups is 1. The smallest absolute Gasteiger partial charge is 0.337 e. The van der Waals surface area contributed by atoms with Crippen LogP contribution in [0.3, 0.4) is 0 Å². The molecule has 2 aliphatic heterocycles. The fourth-order valence-electron chi connectivity index (χ4n) is 4.73. The fourth-order valence-corrected chi connectivity index (χ4v) is 4.73. The van der Waals surface area contributed by atoms with Crippen LogP contribution in [0.4, 0.5) is 5.69 Å². The van der Waals surface area contributed by atoms with E-state index in [2.05, 4.69) is 17.4 Å². The molecular formula is C23H23NO5. The van der Waals surface area contributed by atoms with Crippen molar-refractivity contribution in [1.29, 1.82) is 0 Å². The standard InChI is InChI=1S/C23H23NO5/c1-26-18-9-14(10-19(27-2)22(18)28-3)20-15-7-12-5-4-6-13(12)8-16(15)24-17-11-29-23(25)21(17)20/h7-10,20,24H,4-6,11H2,1-3H3. The fraction of sp³-hybridized carbons (Fsp3) is 0.348. The first-order valence-corrected chi connectivity index (χ1v) is 9.77. The number of anilines is 1. The third-order valence-electron chi connectivity index (χ3n) is 6.06. The third-order valence-corrected chi connectivity index (χ3v) is 6.06. The lowest BCUT2D eigenvalue weighted by molar-refractivity contribution is -0.136. The Kier molecular flexibility index (Phi) is 4.15. The molecule has 29 heavy (non-hydrogen) atoms. The van der Waals surface area contributed by atoms with E-state index < -0.39 is 0 Å². The maximum Gasteiger partial charge on any atom is 0.337 e. The van der Waals surface area contributed by atoms with E-state index in [1.807, 2.05) is 12.1 Å². The Morgan fingerprint density at radius 1 is 0.966 bits per heavy atom. The van der Waals surface area contributed by atoms with Gasteiger partial charge in [-0.1, -0.05) is 6.07 Å². The summed E-state index contributed by atoms with van der Waals surface area (Å²) in [5.41, 5.74) is 7.27. The predicted octanol–water partition coefficient (Wildman–Crippen LogP) is 3.57. The van der Waals surface area contributed by atoms with Crippen LogP contribution in [0.15, 0.2) is 35.5 Å². The number of benzene rings is 2. The van der Waals surface area contributed by atoms with Crippen molar-refractivity contribution in [2.45, 2.75) is 25.2 Å². The van der Waals surface area contributed by atoms with Crippen LogP contribution in [0.25, 0.3) is 0 Å². The SMILES string of the molecule is COc1cc(C2C3=C(COC3=O)Nc3cc4c(cc32)CCC4)cc(OC)c1OC. The van der Waals surface area contributed by atoms with Crippen LogP contribution >= 0.6 is 0 Å². The molecule has 0 saturated heterocycles. The summed E-state index contributed by atoms with van der Waals surface area (Å²) in [7, 11) is 4.77. The van der Waals surface area contributed by atoms with Gasteiger partial charge in [0.15, 0.2) is 11.5 Å². The summed E-state index contributed by atoms with van der Waals surface area (Å²) in [4.78, 5) is 12.7. The monoisotopic (exact) mass is 393 g/mol. The van der Waals surface area contributed by atoms with Crippen molar-refractivity contribution in [3.05, 3.63) is 57.8 Å². The highest BCUT2D eigenvalue weighted by Gasteiger charge is 2.39. The lowest BCUT2D eigenvalue weighted by atomic mass is 9.80. The normalized spacial score (nSPS) is 19.1. The van der Waals surface area contributed by atoms with Gasteiger partial charge in [0.1, 0.15) is 6.61 Å². The summed E-state index contributed by atoms with van der Waals surface area (Å²) in [6.07, 6.45) is 3.34. The Bertz CT molecular complexity index is 1030. The van der Waals surface area contributed by atoms with Gasteiger partial charge >= 0.3 is 5.97 Å². The number of rotatable bonds is 4. The molecule has 1 atom stereocenters. The van der Waals surface area contributed by atoms with Gasteiger partial charge in [0.25, 0.3) is 0 Å². The van der Waals surface area contributed by atoms with E-state index in [1.54, 1.807) is 21.3 Å². The molecule has 0 fully saturated rings. The highest BCUT2D eigenvalue weighted by molar-refractivity contribution is 5.97. The van der Waals surface area contributed by atoms with Crippen LogP contribution in [0.2, 0.25) is 0 Å². The van der Waals surface area contributed by atoms with E-state index in [-0.39, 0.29) is 18.5 Å². The third kappa shape index (κ3) is 2.66. The number of nitrogens with one attached hydrogen (secondary N) is 1. The maximum atomic E-state index is 12.7. The van der Waals surface area contributed by atoms with Gasteiger partial charge in [-0.05, 0) is 59.7 Å². The molecular weight excluding hydrogens is 370 g/mol. The average Bonchev–Trinajstić information content (AvgIpc) is 3.35. The summed E-state index contributed by atoms with van der Waals surface area (Å²) >= 11 is 0. The molecule has 0 amide bonds. The second-order valence-corrected chi connectivity index (χ2v) is 7.55. The van der Waals surface area contributed by atoms with Crippen LogP contribution < -0.4 is 19.5 Å². The summed E-state index contributed by atoms with van der Waals surface area (Å²) in [5.74, 6) is 1.13. The number of methoxy groups -OCH3 is 3. The number of fused-ring (bicyclic) bond motifs is 2. The molecule has 6 heteroatoms. The van der Waals surface area contributed by atoms with Gasteiger partial charge in [-0.25, -0.2) is 4.79 Å². The Morgan fingerprint density at radius 3 is 2.31 bits per heavy atom. The predicted molar refractivity (Wildman–Crippen MR) is 108 cm³/mol. The van der Waals surface area contributed by atoms with Crippen LogP contribution in [0.1, 0.15) is 34.6 Å². The van der Waals surface area contributed by atoms with E-state index >= 15 is 0 Å². The van der Waals surface area contributed by atoms with Crippen LogP contribution in [-0.4, -0.2) is 33.9 Å². The van der Waals surface area contributed by atoms with Gasteiger partial charge in [-0.2, -0.15) is 0 Å². The van der Waals surface area contributed by atoms with Crippen LogP contribution in [0.5, 0.6) is 17.2 Å². The molecule has 0 spiro atoms. The summed E-state index contributed by atoms with van der Waals surface area (Å²) < 4.78 is 22.0. The van der Waals surface area contributed by atoms with Gasteiger partial charge in [0.05, 0.1) is 32.6 Å². The number of cyclic esters (lactones) is 1. The lowest BCUT2D eigenvalue weighted by Crippen LogP contribution is -2.20. The second-order valence-electron chi connectivity index (χ2n) is 7.55. The second kappa shape index (κ2) is 6.72. The zero-order valence-electron chi connectivity index (χ0n) is 16.8. The molecule has 2 aromatic carbocycles. The van der Waals surface area contributed by atoms with E-state index in [4.69, 9.17) is 18.9 Å². The molecule has 0 radical (unpaired) electrons. The molecule has 6 nitrogen and oxygen atoms in total. The highest BCUT2D eigenvalue weighted by atomic mass is 16.5. The number of aryl methyl sites for hydroxylation is 2. The van der Waals surface area contributed by atoms with E-state index in [0.717, 1.165) is 35.4 Å². The molecule has 3 aliphatic rings. The van der Waals surface area contributed by atoms with Crippen molar-refractivity contribution in [1.82, 2.24) is 0 Å². The maximum absolute atomic E-state index is 12.7. The molecule has 1 N–H and O–H groups in total. The minimum absolute atomic E-state index is 0.254. The van der Waals surface area contributed by atoms with Gasteiger partial charge in [-0.15, -0.1) is 0 Å². The van der Waals surface area contributed by atoms with Crippen molar-refractivity contribution >= 4 is 11.7 Å². The Hall–Kier alpha value is -3.15. The minimum Gasteiger partial charge on any atom is -0.493 e. The number of esters is 1. The average molecular weight is 393 g/mol. The van der Waals surface area contributed by atoms with Crippen molar-refractivity contribution < 1.29 is 23.7 Å². The van der Waals surface area contributed by atoms with Crippen LogP contribution in [0, 0.1) is 0 Å². The number of carbonyl (C=O) groups excluding carboxylic acids is 1. The van der Waals surface area contributed by atoms with Gasteiger partial charge in [-0.3, -0.25) is 0 Å². The Labute approximate surface area is 169 Å². The zero-order valence-corrected chi connectivity index (χ0v) is 16.8.